The largest absolute Gasteiger partial charge is 0.407 e. The minimum Gasteiger partial charge on any atom is -0.316 e. The Morgan fingerprint density at radius 2 is 1.33 bits per heavy atom. The van der Waals surface area contributed by atoms with Crippen molar-refractivity contribution in [3.05, 3.63) is 60.2 Å². The molecule has 0 saturated heterocycles. The minimum absolute atomic E-state index is 0. The summed E-state index contributed by atoms with van der Waals surface area (Å²) < 4.78 is 38.8. The molecule has 3 aromatic rings. The zero-order valence-corrected chi connectivity index (χ0v) is 11.7. The maximum Gasteiger partial charge on any atom is 0.407 e. The maximum atomic E-state index is 12.9. The molecule has 1 nitrogen and oxygen atoms in total. The van der Waals surface area contributed by atoms with Gasteiger partial charge in [0.1, 0.15) is 6.04 Å². The van der Waals surface area contributed by atoms with Crippen LogP contribution in [0.1, 0.15) is 11.6 Å². The summed E-state index contributed by atoms with van der Waals surface area (Å²) in [6, 6.07) is 14.0. The predicted molar refractivity (Wildman–Crippen MR) is 81.7 cm³/mol. The lowest BCUT2D eigenvalue weighted by Crippen LogP contribution is -2.28. The summed E-state index contributed by atoms with van der Waals surface area (Å²) in [6.07, 6.45) is -4.45. The van der Waals surface area contributed by atoms with E-state index in [0.717, 1.165) is 16.2 Å². The molecule has 0 fully saturated rings. The third-order valence-electron chi connectivity index (χ3n) is 3.49. The van der Waals surface area contributed by atoms with Crippen LogP contribution in [0.3, 0.4) is 0 Å². The molecule has 0 heterocycles. The molecular weight excluding hydrogens is 299 g/mol. The number of halogens is 4. The predicted octanol–water partition coefficient (Wildman–Crippen LogP) is 4.98. The summed E-state index contributed by atoms with van der Waals surface area (Å²) in [5.41, 5.74) is 5.52. The zero-order valence-electron chi connectivity index (χ0n) is 10.9. The second kappa shape index (κ2) is 5.54. The van der Waals surface area contributed by atoms with E-state index in [-0.39, 0.29) is 18.0 Å². The first kappa shape index (κ1) is 15.6. The van der Waals surface area contributed by atoms with Crippen molar-refractivity contribution < 1.29 is 13.2 Å². The molecule has 0 aromatic heterocycles. The van der Waals surface area contributed by atoms with Crippen molar-refractivity contribution in [3.8, 4) is 0 Å². The van der Waals surface area contributed by atoms with Gasteiger partial charge in [0.25, 0.3) is 0 Å². The van der Waals surface area contributed by atoms with Crippen molar-refractivity contribution in [2.45, 2.75) is 12.2 Å². The Morgan fingerprint density at radius 1 is 0.810 bits per heavy atom. The highest BCUT2D eigenvalue weighted by molar-refractivity contribution is 6.09. The van der Waals surface area contributed by atoms with E-state index in [1.807, 2.05) is 24.3 Å². The van der Waals surface area contributed by atoms with Crippen LogP contribution in [-0.4, -0.2) is 6.18 Å². The monoisotopic (exact) mass is 311 g/mol. The van der Waals surface area contributed by atoms with Gasteiger partial charge in [-0.2, -0.15) is 13.2 Å². The third kappa shape index (κ3) is 2.69. The molecule has 2 N–H and O–H groups in total. The smallest absolute Gasteiger partial charge is 0.316 e. The number of rotatable bonds is 1. The van der Waals surface area contributed by atoms with Crippen LogP contribution in [0.2, 0.25) is 0 Å². The average molecular weight is 312 g/mol. The van der Waals surface area contributed by atoms with Gasteiger partial charge in [-0.25, -0.2) is 0 Å². The molecule has 21 heavy (non-hydrogen) atoms. The molecule has 5 heteroatoms. The van der Waals surface area contributed by atoms with Crippen molar-refractivity contribution in [2.75, 3.05) is 0 Å². The minimum atomic E-state index is -4.45. The fourth-order valence-electron chi connectivity index (χ4n) is 2.52. The molecule has 0 radical (unpaired) electrons. The molecule has 0 saturated carbocycles. The molecule has 3 aromatic carbocycles. The SMILES string of the molecule is Cl.N[C@H](c1cc2ccccc2c2ccccc12)C(F)(F)F. The van der Waals surface area contributed by atoms with Crippen LogP contribution in [0.5, 0.6) is 0 Å². The first-order chi connectivity index (χ1) is 9.48. The molecule has 0 bridgehead atoms. The molecule has 0 unspecified atom stereocenters. The van der Waals surface area contributed by atoms with Gasteiger partial charge in [0.2, 0.25) is 0 Å². The molecule has 110 valence electrons. The van der Waals surface area contributed by atoms with Gasteiger partial charge in [-0.3, -0.25) is 0 Å². The molecule has 0 aliphatic carbocycles. The van der Waals surface area contributed by atoms with Gasteiger partial charge in [-0.15, -0.1) is 12.4 Å². The number of nitrogens with two attached hydrogens (primary N) is 1. The Labute approximate surface area is 126 Å². The van der Waals surface area contributed by atoms with Crippen LogP contribution in [0, 0.1) is 0 Å². The van der Waals surface area contributed by atoms with E-state index in [1.165, 1.54) is 6.07 Å². The standard InChI is InChI=1S/C16H12F3N.ClH/c17-16(18,19)15(20)14-9-10-5-1-2-6-11(10)12-7-3-4-8-13(12)14;/h1-9,15H,20H2;1H/t15-;/m1./s1. The summed E-state index contributed by atoms with van der Waals surface area (Å²) in [5.74, 6) is 0. The first-order valence-electron chi connectivity index (χ1n) is 6.21. The Balaban J connectivity index is 0.00000161. The Bertz CT molecular complexity index is 783. The van der Waals surface area contributed by atoms with Crippen LogP contribution < -0.4 is 5.73 Å². The highest BCUT2D eigenvalue weighted by Crippen LogP contribution is 2.37. The van der Waals surface area contributed by atoms with Gasteiger partial charge in [-0.05, 0) is 33.2 Å². The molecule has 0 aliphatic rings. The van der Waals surface area contributed by atoms with E-state index in [9.17, 15) is 13.2 Å². The molecule has 0 aliphatic heterocycles. The summed E-state index contributed by atoms with van der Waals surface area (Å²) in [4.78, 5) is 0. The molecule has 3 rings (SSSR count). The highest BCUT2D eigenvalue weighted by atomic mass is 35.5. The normalized spacial score (nSPS) is 13.1. The van der Waals surface area contributed by atoms with Gasteiger partial charge >= 0.3 is 6.18 Å². The summed E-state index contributed by atoms with van der Waals surface area (Å²) in [6.45, 7) is 0. The lowest BCUT2D eigenvalue weighted by Gasteiger charge is -2.19. The van der Waals surface area contributed by atoms with Crippen molar-refractivity contribution in [3.63, 3.8) is 0 Å². The maximum absolute atomic E-state index is 12.9. The van der Waals surface area contributed by atoms with Crippen LogP contribution >= 0.6 is 12.4 Å². The van der Waals surface area contributed by atoms with Gasteiger partial charge in [-0.1, -0.05) is 48.5 Å². The summed E-state index contributed by atoms with van der Waals surface area (Å²) >= 11 is 0. The quantitative estimate of drug-likeness (QED) is 0.630. The van der Waals surface area contributed by atoms with Crippen molar-refractivity contribution in [1.82, 2.24) is 0 Å². The van der Waals surface area contributed by atoms with Crippen LogP contribution in [0.15, 0.2) is 54.6 Å². The van der Waals surface area contributed by atoms with Crippen LogP contribution in [-0.2, 0) is 0 Å². The van der Waals surface area contributed by atoms with E-state index in [4.69, 9.17) is 5.73 Å². The number of hydrogen-bond donors (Lipinski definition) is 1. The lowest BCUT2D eigenvalue weighted by atomic mass is 9.93. The number of fused-ring (bicyclic) bond motifs is 3. The number of benzene rings is 3. The van der Waals surface area contributed by atoms with E-state index >= 15 is 0 Å². The van der Waals surface area contributed by atoms with Gasteiger partial charge in [0, 0.05) is 0 Å². The summed E-state index contributed by atoms with van der Waals surface area (Å²) in [7, 11) is 0. The second-order valence-corrected chi connectivity index (χ2v) is 4.75. The molecule has 0 spiro atoms. The van der Waals surface area contributed by atoms with E-state index < -0.39 is 12.2 Å². The van der Waals surface area contributed by atoms with E-state index in [2.05, 4.69) is 0 Å². The fraction of sp³-hybridized carbons (Fsp3) is 0.125. The van der Waals surface area contributed by atoms with Gasteiger partial charge < -0.3 is 5.73 Å². The van der Waals surface area contributed by atoms with Crippen LogP contribution in [0.4, 0.5) is 13.2 Å². The Hall–Kier alpha value is -1.78. The first-order valence-corrected chi connectivity index (χ1v) is 6.21. The average Bonchev–Trinajstić information content (AvgIpc) is 2.44. The topological polar surface area (TPSA) is 26.0 Å². The van der Waals surface area contributed by atoms with Crippen molar-refractivity contribution >= 4 is 34.0 Å². The second-order valence-electron chi connectivity index (χ2n) is 4.75. The Kier molecular flexibility index (Phi) is 4.12. The third-order valence-corrected chi connectivity index (χ3v) is 3.49. The van der Waals surface area contributed by atoms with E-state index in [0.29, 0.717) is 5.39 Å². The van der Waals surface area contributed by atoms with Gasteiger partial charge in [0.05, 0.1) is 0 Å². The Morgan fingerprint density at radius 3 is 1.95 bits per heavy atom. The summed E-state index contributed by atoms with van der Waals surface area (Å²) in [5, 5.41) is 3.04. The highest BCUT2D eigenvalue weighted by Gasteiger charge is 2.38. The van der Waals surface area contributed by atoms with Gasteiger partial charge in [0.15, 0.2) is 0 Å². The van der Waals surface area contributed by atoms with E-state index in [1.54, 1.807) is 24.3 Å². The van der Waals surface area contributed by atoms with Crippen molar-refractivity contribution in [1.29, 1.82) is 0 Å². The molecular formula is C16H13ClF3N. The number of hydrogen-bond acceptors (Lipinski definition) is 1. The molecule has 0 amide bonds. The molecule has 1 atom stereocenters. The lowest BCUT2D eigenvalue weighted by molar-refractivity contribution is -0.148. The zero-order chi connectivity index (χ0) is 14.3. The number of alkyl halides is 3. The van der Waals surface area contributed by atoms with Crippen molar-refractivity contribution in [2.24, 2.45) is 5.73 Å². The fourth-order valence-corrected chi connectivity index (χ4v) is 2.52. The van der Waals surface area contributed by atoms with Crippen LogP contribution in [0.25, 0.3) is 21.5 Å².